The van der Waals surface area contributed by atoms with Gasteiger partial charge in [-0.1, -0.05) is 6.58 Å². The first kappa shape index (κ1) is 17.8. The molecule has 2 N–H and O–H groups in total. The van der Waals surface area contributed by atoms with Gasteiger partial charge in [0.1, 0.15) is 0 Å². The highest BCUT2D eigenvalue weighted by Gasteiger charge is 2.19. The Hall–Kier alpha value is -0.580. The van der Waals surface area contributed by atoms with Crippen LogP contribution in [0.4, 0.5) is 0 Å². The van der Waals surface area contributed by atoms with Crippen LogP contribution >= 0.6 is 12.4 Å². The molecule has 0 aliphatic carbocycles. The van der Waals surface area contributed by atoms with Crippen molar-refractivity contribution in [2.24, 2.45) is 0 Å². The molecule has 0 atom stereocenters. The van der Waals surface area contributed by atoms with Crippen LogP contribution in [0.3, 0.4) is 0 Å². The third kappa shape index (κ3) is 9.96. The molecule has 0 aromatic heterocycles. The number of nitrogens with one attached hydrogen (secondary N) is 2. The minimum atomic E-state index is -0.201. The van der Waals surface area contributed by atoms with Crippen molar-refractivity contribution in [3.8, 4) is 0 Å². The summed E-state index contributed by atoms with van der Waals surface area (Å²) in [7, 11) is 6.19. The molecule has 0 aromatic carbocycles. The lowest BCUT2D eigenvalue weighted by Gasteiger charge is -2.29. The van der Waals surface area contributed by atoms with Crippen LogP contribution in [0.5, 0.6) is 0 Å². The average Bonchev–Trinajstić information content (AvgIpc) is 2.00. The fourth-order valence-electron chi connectivity index (χ4n) is 1.15. The van der Waals surface area contributed by atoms with Gasteiger partial charge in [0.2, 0.25) is 5.91 Å². The van der Waals surface area contributed by atoms with Crippen molar-refractivity contribution >= 4 is 18.3 Å². The van der Waals surface area contributed by atoms with Crippen molar-refractivity contribution in [1.29, 1.82) is 0 Å². The molecule has 0 heterocycles. The summed E-state index contributed by atoms with van der Waals surface area (Å²) >= 11 is 0. The highest BCUT2D eigenvalue weighted by atomic mass is 35.5. The third-order valence-corrected chi connectivity index (χ3v) is 1.98. The standard InChI is InChI=1S/C11H23N3O.ClH/c1-7-10(15)13-11(2,3)8-9-12-14(4,5)6;/h7,12H,1,8-9H2,2-6H3;1H/p+1. The van der Waals surface area contributed by atoms with Crippen molar-refractivity contribution < 1.29 is 9.39 Å². The molecule has 0 aliphatic heterocycles. The van der Waals surface area contributed by atoms with Crippen molar-refractivity contribution in [1.82, 2.24) is 10.7 Å². The van der Waals surface area contributed by atoms with Gasteiger partial charge in [-0.15, -0.1) is 12.4 Å². The van der Waals surface area contributed by atoms with Gasteiger partial charge in [0.25, 0.3) is 0 Å². The number of carbonyl (C=O) groups is 1. The molecule has 0 bridgehead atoms. The fraction of sp³-hybridized carbons (Fsp3) is 0.727. The van der Waals surface area contributed by atoms with E-state index in [4.69, 9.17) is 0 Å². The minimum absolute atomic E-state index is 0. The van der Waals surface area contributed by atoms with E-state index in [0.717, 1.165) is 13.0 Å². The highest BCUT2D eigenvalue weighted by molar-refractivity contribution is 5.87. The molecule has 4 nitrogen and oxygen atoms in total. The molecule has 0 spiro atoms. The van der Waals surface area contributed by atoms with Gasteiger partial charge >= 0.3 is 0 Å². The molecule has 0 saturated heterocycles. The Kier molecular flexibility index (Phi) is 7.66. The Morgan fingerprint density at radius 1 is 1.38 bits per heavy atom. The Morgan fingerprint density at radius 3 is 2.25 bits per heavy atom. The number of hydrogen-bond donors (Lipinski definition) is 2. The molecular weight excluding hydrogens is 226 g/mol. The van der Waals surface area contributed by atoms with Crippen molar-refractivity contribution in [2.45, 2.75) is 25.8 Å². The van der Waals surface area contributed by atoms with Crippen molar-refractivity contribution in [3.05, 3.63) is 12.7 Å². The number of carbonyl (C=O) groups excluding carboxylic acids is 1. The molecular formula is C11H25ClN3O+. The smallest absolute Gasteiger partial charge is 0.243 e. The van der Waals surface area contributed by atoms with E-state index in [9.17, 15) is 4.79 Å². The van der Waals surface area contributed by atoms with E-state index in [0.29, 0.717) is 4.59 Å². The molecule has 0 aliphatic rings. The molecule has 16 heavy (non-hydrogen) atoms. The normalized spacial score (nSPS) is 11.6. The van der Waals surface area contributed by atoms with Gasteiger partial charge in [0.15, 0.2) is 0 Å². The summed E-state index contributed by atoms with van der Waals surface area (Å²) in [5.41, 5.74) is 3.13. The summed E-state index contributed by atoms with van der Waals surface area (Å²) in [5.74, 6) is -0.120. The second-order valence-corrected chi connectivity index (χ2v) is 5.25. The first-order valence-electron chi connectivity index (χ1n) is 5.17. The number of rotatable bonds is 6. The summed E-state index contributed by atoms with van der Waals surface area (Å²) in [6.45, 7) is 8.30. The van der Waals surface area contributed by atoms with Crippen LogP contribution in [0.1, 0.15) is 20.3 Å². The van der Waals surface area contributed by atoms with Crippen LogP contribution in [0.25, 0.3) is 0 Å². The van der Waals surface area contributed by atoms with Crippen LogP contribution in [0.15, 0.2) is 12.7 Å². The maximum atomic E-state index is 11.1. The monoisotopic (exact) mass is 250 g/mol. The van der Waals surface area contributed by atoms with Gasteiger partial charge in [-0.25, -0.2) is 0 Å². The number of amides is 1. The van der Waals surface area contributed by atoms with Crippen LogP contribution < -0.4 is 10.7 Å². The lowest BCUT2D eigenvalue weighted by Crippen LogP contribution is -2.51. The predicted octanol–water partition coefficient (Wildman–Crippen LogP) is 1.09. The van der Waals surface area contributed by atoms with Crippen LogP contribution in [-0.4, -0.2) is 43.7 Å². The van der Waals surface area contributed by atoms with Crippen LogP contribution in [0.2, 0.25) is 0 Å². The topological polar surface area (TPSA) is 41.1 Å². The molecule has 0 saturated carbocycles. The van der Waals surface area contributed by atoms with E-state index in [2.05, 4.69) is 38.5 Å². The minimum Gasteiger partial charge on any atom is -0.348 e. The van der Waals surface area contributed by atoms with Crippen LogP contribution in [0, 0.1) is 0 Å². The zero-order valence-electron chi connectivity index (χ0n) is 11.0. The predicted molar refractivity (Wildman–Crippen MR) is 70.3 cm³/mol. The zero-order valence-corrected chi connectivity index (χ0v) is 11.8. The van der Waals surface area contributed by atoms with Gasteiger partial charge in [0, 0.05) is 12.1 Å². The summed E-state index contributed by atoms with van der Waals surface area (Å²) in [4.78, 5) is 11.1. The van der Waals surface area contributed by atoms with E-state index < -0.39 is 0 Å². The summed E-state index contributed by atoms with van der Waals surface area (Å²) in [5, 5.41) is 2.89. The molecule has 1 amide bonds. The first-order chi connectivity index (χ1) is 6.66. The first-order valence-corrected chi connectivity index (χ1v) is 5.17. The number of nitrogens with zero attached hydrogens (tertiary/aromatic N) is 1. The summed E-state index contributed by atoms with van der Waals surface area (Å²) in [6, 6.07) is 0. The fourth-order valence-corrected chi connectivity index (χ4v) is 1.15. The molecule has 0 aromatic rings. The maximum Gasteiger partial charge on any atom is 0.243 e. The van der Waals surface area contributed by atoms with Crippen molar-refractivity contribution in [2.75, 3.05) is 27.7 Å². The Balaban J connectivity index is 0. The molecule has 5 heteroatoms. The molecule has 0 unspecified atom stereocenters. The van der Waals surface area contributed by atoms with Gasteiger partial charge in [-0.05, 0) is 26.3 Å². The molecule has 96 valence electrons. The van der Waals surface area contributed by atoms with Gasteiger partial charge in [-0.3, -0.25) is 9.39 Å². The van der Waals surface area contributed by atoms with Gasteiger partial charge in [0.05, 0.1) is 21.1 Å². The highest BCUT2D eigenvalue weighted by Crippen LogP contribution is 2.07. The zero-order chi connectivity index (χ0) is 12.1. The number of hydrogen-bond acceptors (Lipinski definition) is 2. The van der Waals surface area contributed by atoms with E-state index in [1.807, 2.05) is 13.8 Å². The molecule has 0 rings (SSSR count). The maximum absolute atomic E-state index is 11.1. The SMILES string of the molecule is C=CC(=O)NC(C)(C)CCN[N+](C)(C)C.Cl. The van der Waals surface area contributed by atoms with Crippen LogP contribution in [-0.2, 0) is 4.79 Å². The Morgan fingerprint density at radius 2 is 1.88 bits per heavy atom. The Bertz CT molecular complexity index is 234. The van der Waals surface area contributed by atoms with E-state index in [1.165, 1.54) is 6.08 Å². The molecule has 0 radical (unpaired) electrons. The second kappa shape index (κ2) is 6.89. The lowest BCUT2D eigenvalue weighted by atomic mass is 10.0. The quantitative estimate of drug-likeness (QED) is 0.421. The Labute approximate surface area is 105 Å². The van der Waals surface area contributed by atoms with E-state index >= 15 is 0 Å². The average molecular weight is 251 g/mol. The largest absolute Gasteiger partial charge is 0.348 e. The van der Waals surface area contributed by atoms with Crippen molar-refractivity contribution in [3.63, 3.8) is 0 Å². The van der Waals surface area contributed by atoms with E-state index in [-0.39, 0.29) is 23.9 Å². The number of halogens is 1. The van der Waals surface area contributed by atoms with Gasteiger partial charge < -0.3 is 5.32 Å². The second-order valence-electron chi connectivity index (χ2n) is 5.25. The summed E-state index contributed by atoms with van der Waals surface area (Å²) < 4.78 is 0.714. The lowest BCUT2D eigenvalue weighted by molar-refractivity contribution is -0.915. The van der Waals surface area contributed by atoms with Gasteiger partial charge in [-0.2, -0.15) is 5.43 Å². The molecule has 0 fully saturated rings. The number of quaternary nitrogens is 1. The third-order valence-electron chi connectivity index (χ3n) is 1.98. The van der Waals surface area contributed by atoms with E-state index in [1.54, 1.807) is 0 Å². The summed E-state index contributed by atoms with van der Waals surface area (Å²) in [6.07, 6.45) is 2.18.